The normalized spacial score (nSPS) is 15.1. The smallest absolute Gasteiger partial charge is 0.325 e. The number of carbonyl (C=O) groups excluding carboxylic acids is 1. The molecule has 0 bridgehead atoms. The van der Waals surface area contributed by atoms with Gasteiger partial charge in [0, 0.05) is 37.2 Å². The van der Waals surface area contributed by atoms with Crippen molar-refractivity contribution in [2.75, 3.05) is 13.1 Å². The Kier molecular flexibility index (Phi) is 5.20. The molecule has 7 nitrogen and oxygen atoms in total. The minimum Gasteiger partial charge on any atom is -0.490 e. The molecule has 8 heteroatoms. The van der Waals surface area contributed by atoms with Crippen LogP contribution in [0.15, 0.2) is 33.9 Å². The molecular formula is C18H20FN3O4. The molecule has 0 saturated carbocycles. The lowest BCUT2D eigenvalue weighted by atomic mass is 10.1. The second kappa shape index (κ2) is 7.55. The highest BCUT2D eigenvalue weighted by molar-refractivity contribution is 5.79. The van der Waals surface area contributed by atoms with E-state index >= 15 is 0 Å². The number of H-pyrrole nitrogens is 2. The minimum absolute atomic E-state index is 0.0391. The van der Waals surface area contributed by atoms with Crippen LogP contribution in [0.2, 0.25) is 0 Å². The Hall–Kier alpha value is -2.90. The van der Waals surface area contributed by atoms with E-state index in [9.17, 15) is 18.8 Å². The third kappa shape index (κ3) is 4.19. The third-order valence-corrected chi connectivity index (χ3v) is 4.49. The topological polar surface area (TPSA) is 95.3 Å². The molecule has 2 N–H and O–H groups in total. The Morgan fingerprint density at radius 3 is 2.46 bits per heavy atom. The Labute approximate surface area is 148 Å². The molecule has 0 aliphatic carbocycles. The van der Waals surface area contributed by atoms with Crippen LogP contribution in [0.5, 0.6) is 5.75 Å². The fraction of sp³-hybridized carbons (Fsp3) is 0.389. The molecule has 0 unspecified atom stereocenters. The molecule has 1 amide bonds. The van der Waals surface area contributed by atoms with Gasteiger partial charge in [-0.1, -0.05) is 0 Å². The van der Waals surface area contributed by atoms with Crippen LogP contribution in [-0.2, 0) is 11.2 Å². The van der Waals surface area contributed by atoms with E-state index in [4.69, 9.17) is 4.74 Å². The molecule has 1 aromatic heterocycles. The largest absolute Gasteiger partial charge is 0.490 e. The van der Waals surface area contributed by atoms with Crippen LogP contribution < -0.4 is 16.0 Å². The molecule has 2 aromatic rings. The molecule has 2 heterocycles. The lowest BCUT2D eigenvalue weighted by molar-refractivity contribution is -0.132. The highest BCUT2D eigenvalue weighted by Crippen LogP contribution is 2.19. The van der Waals surface area contributed by atoms with Gasteiger partial charge in [-0.05, 0) is 31.2 Å². The first-order chi connectivity index (χ1) is 12.4. The molecule has 1 fully saturated rings. The standard InChI is InChI=1S/C18H20FN3O4/c1-11-15(17(24)21-18(25)20-11)10-16(23)22-8-6-14(7-9-22)26-13-4-2-12(19)3-5-13/h2-5,14H,6-10H2,1H3,(H2,20,21,24,25). The summed E-state index contributed by atoms with van der Waals surface area (Å²) in [7, 11) is 0. The number of aryl methyl sites for hydroxylation is 1. The molecule has 26 heavy (non-hydrogen) atoms. The van der Waals surface area contributed by atoms with Crippen molar-refractivity contribution >= 4 is 5.91 Å². The zero-order valence-corrected chi connectivity index (χ0v) is 14.4. The van der Waals surface area contributed by atoms with Gasteiger partial charge in [-0.25, -0.2) is 9.18 Å². The van der Waals surface area contributed by atoms with Crippen LogP contribution in [0, 0.1) is 12.7 Å². The highest BCUT2D eigenvalue weighted by atomic mass is 19.1. The van der Waals surface area contributed by atoms with E-state index in [1.54, 1.807) is 24.0 Å². The molecular weight excluding hydrogens is 341 g/mol. The Morgan fingerprint density at radius 2 is 1.85 bits per heavy atom. The maximum atomic E-state index is 12.9. The summed E-state index contributed by atoms with van der Waals surface area (Å²) in [5.74, 6) is 0.128. The first kappa shape index (κ1) is 17.9. The van der Waals surface area contributed by atoms with Gasteiger partial charge >= 0.3 is 5.69 Å². The summed E-state index contributed by atoms with van der Waals surface area (Å²) >= 11 is 0. The maximum absolute atomic E-state index is 12.9. The summed E-state index contributed by atoms with van der Waals surface area (Å²) in [5.41, 5.74) is -0.433. The van der Waals surface area contributed by atoms with E-state index in [0.29, 0.717) is 37.4 Å². The van der Waals surface area contributed by atoms with Gasteiger partial charge in [-0.15, -0.1) is 0 Å². The molecule has 1 aromatic carbocycles. The van der Waals surface area contributed by atoms with Crippen molar-refractivity contribution in [3.8, 4) is 5.75 Å². The molecule has 138 valence electrons. The summed E-state index contributed by atoms with van der Waals surface area (Å²) in [6, 6.07) is 5.85. The summed E-state index contributed by atoms with van der Waals surface area (Å²) in [6.45, 7) is 2.64. The molecule has 1 aliphatic heterocycles. The van der Waals surface area contributed by atoms with Crippen LogP contribution >= 0.6 is 0 Å². The monoisotopic (exact) mass is 361 g/mol. The molecule has 0 spiro atoms. The predicted molar refractivity (Wildman–Crippen MR) is 92.8 cm³/mol. The number of benzene rings is 1. The van der Waals surface area contributed by atoms with Crippen LogP contribution in [0.25, 0.3) is 0 Å². The number of piperidine rings is 1. The van der Waals surface area contributed by atoms with Gasteiger partial charge in [0.25, 0.3) is 5.56 Å². The fourth-order valence-electron chi connectivity index (χ4n) is 3.03. The minimum atomic E-state index is -0.581. The Balaban J connectivity index is 1.56. The zero-order valence-electron chi connectivity index (χ0n) is 14.4. The number of nitrogens with zero attached hydrogens (tertiary/aromatic N) is 1. The van der Waals surface area contributed by atoms with Crippen molar-refractivity contribution in [1.29, 1.82) is 0 Å². The van der Waals surface area contributed by atoms with E-state index < -0.39 is 11.2 Å². The van der Waals surface area contributed by atoms with Crippen molar-refractivity contribution in [2.24, 2.45) is 0 Å². The number of ether oxygens (including phenoxy) is 1. The van der Waals surface area contributed by atoms with Crippen LogP contribution in [-0.4, -0.2) is 40.0 Å². The van der Waals surface area contributed by atoms with Crippen molar-refractivity contribution in [3.63, 3.8) is 0 Å². The number of likely N-dealkylation sites (tertiary alicyclic amines) is 1. The van der Waals surface area contributed by atoms with E-state index in [1.165, 1.54) is 12.1 Å². The Bertz CT molecular complexity index is 896. The number of aromatic nitrogens is 2. The van der Waals surface area contributed by atoms with Crippen molar-refractivity contribution in [2.45, 2.75) is 32.3 Å². The van der Waals surface area contributed by atoms with Gasteiger partial charge in [0.15, 0.2) is 0 Å². The van der Waals surface area contributed by atoms with E-state index in [2.05, 4.69) is 9.97 Å². The highest BCUT2D eigenvalue weighted by Gasteiger charge is 2.25. The first-order valence-corrected chi connectivity index (χ1v) is 8.44. The van der Waals surface area contributed by atoms with E-state index in [1.807, 2.05) is 0 Å². The third-order valence-electron chi connectivity index (χ3n) is 4.49. The van der Waals surface area contributed by atoms with Gasteiger partial charge in [-0.2, -0.15) is 0 Å². The number of hydrogen-bond donors (Lipinski definition) is 2. The number of hydrogen-bond acceptors (Lipinski definition) is 4. The number of carbonyl (C=O) groups is 1. The molecule has 1 saturated heterocycles. The van der Waals surface area contributed by atoms with Crippen molar-refractivity contribution < 1.29 is 13.9 Å². The molecule has 1 aliphatic rings. The number of aromatic amines is 2. The van der Waals surface area contributed by atoms with E-state index in [0.717, 1.165) is 0 Å². The lowest BCUT2D eigenvalue weighted by Crippen LogP contribution is -2.43. The summed E-state index contributed by atoms with van der Waals surface area (Å²) < 4.78 is 18.7. The summed E-state index contributed by atoms with van der Waals surface area (Å²) in [5, 5.41) is 0. The average Bonchev–Trinajstić information content (AvgIpc) is 2.60. The molecule has 0 radical (unpaired) electrons. The van der Waals surface area contributed by atoms with Gasteiger partial charge in [0.2, 0.25) is 5.91 Å². The molecule has 3 rings (SSSR count). The number of amides is 1. The quantitative estimate of drug-likeness (QED) is 0.853. The van der Waals surface area contributed by atoms with E-state index in [-0.39, 0.29) is 29.8 Å². The van der Waals surface area contributed by atoms with Gasteiger partial charge in [-0.3, -0.25) is 14.6 Å². The number of nitrogens with one attached hydrogen (secondary N) is 2. The van der Waals surface area contributed by atoms with Gasteiger partial charge in [0.1, 0.15) is 17.7 Å². The van der Waals surface area contributed by atoms with Crippen LogP contribution in [0.3, 0.4) is 0 Å². The van der Waals surface area contributed by atoms with Crippen LogP contribution in [0.1, 0.15) is 24.1 Å². The second-order valence-corrected chi connectivity index (χ2v) is 6.34. The van der Waals surface area contributed by atoms with Gasteiger partial charge < -0.3 is 14.6 Å². The lowest BCUT2D eigenvalue weighted by Gasteiger charge is -2.32. The fourth-order valence-corrected chi connectivity index (χ4v) is 3.03. The maximum Gasteiger partial charge on any atom is 0.325 e. The number of rotatable bonds is 4. The van der Waals surface area contributed by atoms with Crippen molar-refractivity contribution in [3.05, 3.63) is 62.2 Å². The molecule has 0 atom stereocenters. The van der Waals surface area contributed by atoms with Crippen molar-refractivity contribution in [1.82, 2.24) is 14.9 Å². The predicted octanol–water partition coefficient (Wildman–Crippen LogP) is 1.12. The number of halogens is 1. The Morgan fingerprint density at radius 1 is 1.19 bits per heavy atom. The average molecular weight is 361 g/mol. The second-order valence-electron chi connectivity index (χ2n) is 6.34. The summed E-state index contributed by atoms with van der Waals surface area (Å²) in [4.78, 5) is 41.9. The van der Waals surface area contributed by atoms with Gasteiger partial charge in [0.05, 0.1) is 6.42 Å². The zero-order chi connectivity index (χ0) is 18.7. The van der Waals surface area contributed by atoms with Crippen LogP contribution in [0.4, 0.5) is 4.39 Å². The first-order valence-electron chi connectivity index (χ1n) is 8.44. The summed E-state index contributed by atoms with van der Waals surface area (Å²) in [6.07, 6.45) is 1.22. The SMILES string of the molecule is Cc1[nH]c(=O)[nH]c(=O)c1CC(=O)N1CCC(Oc2ccc(F)cc2)CC1.